The lowest BCUT2D eigenvalue weighted by molar-refractivity contribution is -0.137. The number of nitrogens with zero attached hydrogens (tertiary/aromatic N) is 1. The van der Waals surface area contributed by atoms with E-state index in [1.807, 2.05) is 6.07 Å². The zero-order chi connectivity index (χ0) is 14.0. The molecule has 1 unspecified atom stereocenters. The molecule has 0 bridgehead atoms. The molecule has 3 rings (SSSR count). The maximum Gasteiger partial charge on any atom is 0.242 e. The van der Waals surface area contributed by atoms with Gasteiger partial charge in [0.05, 0.1) is 5.54 Å². The van der Waals surface area contributed by atoms with Gasteiger partial charge in [-0.1, -0.05) is 43.2 Å². The van der Waals surface area contributed by atoms with Crippen LogP contribution < -0.4 is 5.73 Å². The molecule has 0 radical (unpaired) electrons. The summed E-state index contributed by atoms with van der Waals surface area (Å²) in [5, 5.41) is 0. The van der Waals surface area contributed by atoms with Crippen molar-refractivity contribution in [3.05, 3.63) is 35.9 Å². The second-order valence-electron chi connectivity index (χ2n) is 6.35. The third-order valence-corrected chi connectivity index (χ3v) is 4.87. The Hall–Kier alpha value is -1.35. The van der Waals surface area contributed by atoms with Crippen LogP contribution in [0.4, 0.5) is 0 Å². The second kappa shape index (κ2) is 5.57. The van der Waals surface area contributed by atoms with Crippen molar-refractivity contribution in [1.82, 2.24) is 4.90 Å². The second-order valence-corrected chi connectivity index (χ2v) is 6.35. The summed E-state index contributed by atoms with van der Waals surface area (Å²) in [6.07, 6.45) is 7.10. The normalized spacial score (nSPS) is 25.1. The molecule has 0 aromatic heterocycles. The lowest BCUT2D eigenvalue weighted by atomic mass is 9.95. The van der Waals surface area contributed by atoms with E-state index in [0.29, 0.717) is 6.04 Å². The predicted molar refractivity (Wildman–Crippen MR) is 80.3 cm³/mol. The number of carbonyl (C=O) groups excluding carboxylic acids is 1. The van der Waals surface area contributed by atoms with Crippen LogP contribution in [-0.2, 0) is 11.2 Å². The molecule has 3 heteroatoms. The molecular weight excluding hydrogens is 248 g/mol. The molecule has 1 aromatic rings. The fraction of sp³-hybridized carbons (Fsp3) is 0.588. The van der Waals surface area contributed by atoms with E-state index < -0.39 is 5.54 Å². The van der Waals surface area contributed by atoms with Crippen LogP contribution in [0.2, 0.25) is 0 Å². The van der Waals surface area contributed by atoms with Crippen molar-refractivity contribution in [3.8, 4) is 0 Å². The zero-order valence-corrected chi connectivity index (χ0v) is 12.1. The van der Waals surface area contributed by atoms with Crippen LogP contribution in [0.25, 0.3) is 0 Å². The Kier molecular flexibility index (Phi) is 3.79. The third kappa shape index (κ3) is 2.59. The maximum atomic E-state index is 12.8. The van der Waals surface area contributed by atoms with Crippen LogP contribution in [-0.4, -0.2) is 28.9 Å². The number of carbonyl (C=O) groups is 1. The molecule has 1 amide bonds. The Labute approximate surface area is 121 Å². The van der Waals surface area contributed by atoms with Gasteiger partial charge in [0.2, 0.25) is 5.91 Å². The lowest BCUT2D eigenvalue weighted by Gasteiger charge is -2.33. The van der Waals surface area contributed by atoms with Gasteiger partial charge in [0, 0.05) is 12.6 Å². The molecule has 2 N–H and O–H groups in total. The van der Waals surface area contributed by atoms with E-state index in [1.54, 1.807) is 0 Å². The van der Waals surface area contributed by atoms with Crippen LogP contribution in [0.5, 0.6) is 0 Å². The van der Waals surface area contributed by atoms with E-state index in [0.717, 1.165) is 51.5 Å². The number of rotatable bonds is 3. The standard InChI is InChI=1S/C17H24N2O/c18-17(10-4-5-11-17)16(20)19-12-6-9-15(19)13-14-7-2-1-3-8-14/h1-3,7-8,15H,4-6,9-13,18H2. The first-order chi connectivity index (χ1) is 9.69. The summed E-state index contributed by atoms with van der Waals surface area (Å²) in [5.74, 6) is 0.202. The minimum Gasteiger partial charge on any atom is -0.338 e. The summed E-state index contributed by atoms with van der Waals surface area (Å²) in [6, 6.07) is 10.8. The summed E-state index contributed by atoms with van der Waals surface area (Å²) >= 11 is 0. The van der Waals surface area contributed by atoms with E-state index in [2.05, 4.69) is 29.2 Å². The van der Waals surface area contributed by atoms with Crippen LogP contribution in [0.3, 0.4) is 0 Å². The highest BCUT2D eigenvalue weighted by Gasteiger charge is 2.42. The first-order valence-corrected chi connectivity index (χ1v) is 7.83. The summed E-state index contributed by atoms with van der Waals surface area (Å²) in [6.45, 7) is 0.884. The van der Waals surface area contributed by atoms with Gasteiger partial charge < -0.3 is 10.6 Å². The predicted octanol–water partition coefficient (Wildman–Crippen LogP) is 2.49. The molecule has 1 aliphatic heterocycles. The quantitative estimate of drug-likeness (QED) is 0.919. The fourth-order valence-corrected chi connectivity index (χ4v) is 3.71. The van der Waals surface area contributed by atoms with Gasteiger partial charge in [-0.3, -0.25) is 4.79 Å². The number of amides is 1. The Morgan fingerprint density at radius 1 is 1.20 bits per heavy atom. The smallest absolute Gasteiger partial charge is 0.242 e. The molecule has 20 heavy (non-hydrogen) atoms. The van der Waals surface area contributed by atoms with Crippen molar-refractivity contribution in [2.24, 2.45) is 5.73 Å². The Balaban J connectivity index is 1.71. The molecule has 108 valence electrons. The molecule has 1 saturated carbocycles. The number of likely N-dealkylation sites (tertiary alicyclic amines) is 1. The first kappa shape index (κ1) is 13.6. The molecule has 2 aliphatic rings. The average molecular weight is 272 g/mol. The van der Waals surface area contributed by atoms with Crippen LogP contribution in [0.15, 0.2) is 30.3 Å². The van der Waals surface area contributed by atoms with Crippen LogP contribution in [0, 0.1) is 0 Å². The monoisotopic (exact) mass is 272 g/mol. The highest BCUT2D eigenvalue weighted by atomic mass is 16.2. The van der Waals surface area contributed by atoms with Crippen molar-refractivity contribution in [2.75, 3.05) is 6.54 Å². The third-order valence-electron chi connectivity index (χ3n) is 4.87. The van der Waals surface area contributed by atoms with Gasteiger partial charge in [0.25, 0.3) is 0 Å². The first-order valence-electron chi connectivity index (χ1n) is 7.83. The Morgan fingerprint density at radius 2 is 1.90 bits per heavy atom. The molecular formula is C17H24N2O. The SMILES string of the molecule is NC1(C(=O)N2CCCC2Cc2ccccc2)CCCC1. The molecule has 0 spiro atoms. The zero-order valence-electron chi connectivity index (χ0n) is 12.1. The number of hydrogen-bond acceptors (Lipinski definition) is 2. The average Bonchev–Trinajstić information content (AvgIpc) is 3.09. The van der Waals surface area contributed by atoms with E-state index in [9.17, 15) is 4.79 Å². The minimum atomic E-state index is -0.570. The largest absolute Gasteiger partial charge is 0.338 e. The Bertz CT molecular complexity index is 465. The van der Waals surface area contributed by atoms with Crippen LogP contribution in [0.1, 0.15) is 44.1 Å². The minimum absolute atomic E-state index is 0.202. The van der Waals surface area contributed by atoms with Crippen molar-refractivity contribution in [1.29, 1.82) is 0 Å². The van der Waals surface area contributed by atoms with Gasteiger partial charge in [-0.05, 0) is 37.7 Å². The molecule has 1 heterocycles. The van der Waals surface area contributed by atoms with Gasteiger partial charge >= 0.3 is 0 Å². The van der Waals surface area contributed by atoms with E-state index in [4.69, 9.17) is 5.73 Å². The van der Waals surface area contributed by atoms with E-state index in [1.165, 1.54) is 5.56 Å². The maximum absolute atomic E-state index is 12.8. The highest BCUT2D eigenvalue weighted by molar-refractivity contribution is 5.87. The molecule has 1 aromatic carbocycles. The summed E-state index contributed by atoms with van der Waals surface area (Å²) < 4.78 is 0. The van der Waals surface area contributed by atoms with E-state index in [-0.39, 0.29) is 5.91 Å². The van der Waals surface area contributed by atoms with Crippen molar-refractivity contribution in [2.45, 2.75) is 56.5 Å². The molecule has 1 atom stereocenters. The number of nitrogens with two attached hydrogens (primary N) is 1. The van der Waals surface area contributed by atoms with Gasteiger partial charge in [0.1, 0.15) is 0 Å². The lowest BCUT2D eigenvalue weighted by Crippen LogP contribution is -2.55. The van der Waals surface area contributed by atoms with Gasteiger partial charge in [-0.25, -0.2) is 0 Å². The number of benzene rings is 1. The fourth-order valence-electron chi connectivity index (χ4n) is 3.71. The molecule has 3 nitrogen and oxygen atoms in total. The van der Waals surface area contributed by atoms with Crippen LogP contribution >= 0.6 is 0 Å². The van der Waals surface area contributed by atoms with E-state index >= 15 is 0 Å². The Morgan fingerprint density at radius 3 is 2.60 bits per heavy atom. The molecule has 1 aliphatic carbocycles. The van der Waals surface area contributed by atoms with Gasteiger partial charge in [0.15, 0.2) is 0 Å². The summed E-state index contributed by atoms with van der Waals surface area (Å²) in [7, 11) is 0. The number of hydrogen-bond donors (Lipinski definition) is 1. The molecule has 1 saturated heterocycles. The summed E-state index contributed by atoms with van der Waals surface area (Å²) in [4.78, 5) is 14.8. The van der Waals surface area contributed by atoms with Crippen molar-refractivity contribution >= 4 is 5.91 Å². The highest BCUT2D eigenvalue weighted by Crippen LogP contribution is 2.32. The topological polar surface area (TPSA) is 46.3 Å². The summed E-state index contributed by atoms with van der Waals surface area (Å²) in [5.41, 5.74) is 7.09. The van der Waals surface area contributed by atoms with Gasteiger partial charge in [-0.2, -0.15) is 0 Å². The van der Waals surface area contributed by atoms with Crippen molar-refractivity contribution in [3.63, 3.8) is 0 Å². The van der Waals surface area contributed by atoms with Crippen molar-refractivity contribution < 1.29 is 4.79 Å². The molecule has 2 fully saturated rings. The van der Waals surface area contributed by atoms with Gasteiger partial charge in [-0.15, -0.1) is 0 Å².